The Hall–Kier alpha value is -1.42. The molecule has 1 aromatic carbocycles. The number of carbonyl (C=O) groups is 1. The lowest BCUT2D eigenvalue weighted by atomic mass is 9.69. The standard InChI is InChI=1S/C18H26FNO2/c1-2-22-13-10-17(21)20-14-18(11-4-3-5-12-18)15-6-8-16(19)9-7-15/h6-9H,2-5,10-14H2,1H3,(H,20,21). The molecule has 2 rings (SSSR count). The van der Waals surface area contributed by atoms with Crippen LogP contribution in [0.1, 0.15) is 51.0 Å². The molecular weight excluding hydrogens is 281 g/mol. The second-order valence-electron chi connectivity index (χ2n) is 6.07. The van der Waals surface area contributed by atoms with Crippen LogP contribution in [0.2, 0.25) is 0 Å². The molecule has 1 aromatic rings. The summed E-state index contributed by atoms with van der Waals surface area (Å²) in [5, 5.41) is 3.05. The molecule has 4 heteroatoms. The smallest absolute Gasteiger partial charge is 0.222 e. The molecule has 0 atom stereocenters. The van der Waals surface area contributed by atoms with E-state index in [0.29, 0.717) is 26.2 Å². The maximum absolute atomic E-state index is 13.2. The Bertz CT molecular complexity index is 466. The molecule has 1 aliphatic carbocycles. The van der Waals surface area contributed by atoms with Gasteiger partial charge in [-0.3, -0.25) is 4.79 Å². The SMILES string of the molecule is CCOCCC(=O)NCC1(c2ccc(F)cc2)CCCCC1. The molecule has 0 bridgehead atoms. The number of amides is 1. The Morgan fingerprint density at radius 3 is 2.55 bits per heavy atom. The molecule has 0 aliphatic heterocycles. The van der Waals surface area contributed by atoms with Crippen molar-refractivity contribution < 1.29 is 13.9 Å². The lowest BCUT2D eigenvalue weighted by Gasteiger charge is -2.38. The molecule has 122 valence electrons. The molecule has 1 saturated carbocycles. The molecule has 1 N–H and O–H groups in total. The largest absolute Gasteiger partial charge is 0.381 e. The summed E-state index contributed by atoms with van der Waals surface area (Å²) in [6.07, 6.45) is 6.04. The van der Waals surface area contributed by atoms with Gasteiger partial charge in [0.2, 0.25) is 5.91 Å². The van der Waals surface area contributed by atoms with Gasteiger partial charge in [-0.15, -0.1) is 0 Å². The zero-order valence-electron chi connectivity index (χ0n) is 13.4. The zero-order chi connectivity index (χ0) is 15.8. The minimum atomic E-state index is -0.213. The maximum Gasteiger partial charge on any atom is 0.222 e. The number of nitrogens with one attached hydrogen (secondary N) is 1. The van der Waals surface area contributed by atoms with Gasteiger partial charge in [0.1, 0.15) is 5.82 Å². The average Bonchev–Trinajstić information content (AvgIpc) is 2.55. The highest BCUT2D eigenvalue weighted by atomic mass is 19.1. The number of ether oxygens (including phenoxy) is 1. The molecule has 0 unspecified atom stereocenters. The van der Waals surface area contributed by atoms with Crippen LogP contribution in [0.4, 0.5) is 4.39 Å². The fourth-order valence-corrected chi connectivity index (χ4v) is 3.26. The lowest BCUT2D eigenvalue weighted by Crippen LogP contribution is -2.42. The third kappa shape index (κ3) is 4.54. The number of hydrogen-bond acceptors (Lipinski definition) is 2. The first kappa shape index (κ1) is 16.9. The van der Waals surface area contributed by atoms with Crippen LogP contribution in [0.3, 0.4) is 0 Å². The summed E-state index contributed by atoms with van der Waals surface area (Å²) in [5.41, 5.74) is 1.09. The molecule has 0 radical (unpaired) electrons. The Kier molecular flexibility index (Phi) is 6.37. The summed E-state index contributed by atoms with van der Waals surface area (Å²) in [6, 6.07) is 6.77. The predicted molar refractivity (Wildman–Crippen MR) is 85.3 cm³/mol. The van der Waals surface area contributed by atoms with Crippen molar-refractivity contribution in [3.05, 3.63) is 35.6 Å². The number of halogens is 1. The van der Waals surface area contributed by atoms with E-state index in [1.165, 1.54) is 18.6 Å². The molecule has 1 fully saturated rings. The summed E-state index contributed by atoms with van der Waals surface area (Å²) in [7, 11) is 0. The quantitative estimate of drug-likeness (QED) is 0.782. The Balaban J connectivity index is 2.00. The van der Waals surface area contributed by atoms with E-state index in [1.54, 1.807) is 0 Å². The van der Waals surface area contributed by atoms with E-state index in [2.05, 4.69) is 5.32 Å². The normalized spacial score (nSPS) is 17.2. The van der Waals surface area contributed by atoms with Crippen LogP contribution in [0.15, 0.2) is 24.3 Å². The summed E-state index contributed by atoms with van der Waals surface area (Å²) < 4.78 is 18.4. The van der Waals surface area contributed by atoms with Crippen LogP contribution in [0.25, 0.3) is 0 Å². The van der Waals surface area contributed by atoms with Gasteiger partial charge < -0.3 is 10.1 Å². The van der Waals surface area contributed by atoms with E-state index in [4.69, 9.17) is 4.74 Å². The summed E-state index contributed by atoms with van der Waals surface area (Å²) in [5.74, 6) is -0.184. The van der Waals surface area contributed by atoms with Crippen LogP contribution in [-0.4, -0.2) is 25.7 Å². The van der Waals surface area contributed by atoms with Crippen molar-refractivity contribution in [3.8, 4) is 0 Å². The monoisotopic (exact) mass is 307 g/mol. The molecule has 0 spiro atoms. The topological polar surface area (TPSA) is 38.3 Å². The van der Waals surface area contributed by atoms with E-state index in [1.807, 2.05) is 19.1 Å². The van der Waals surface area contributed by atoms with Gasteiger partial charge in [-0.1, -0.05) is 31.4 Å². The molecule has 1 amide bonds. The molecule has 3 nitrogen and oxygen atoms in total. The van der Waals surface area contributed by atoms with Crippen molar-refractivity contribution >= 4 is 5.91 Å². The summed E-state index contributed by atoms with van der Waals surface area (Å²) in [4.78, 5) is 11.9. The van der Waals surface area contributed by atoms with E-state index in [0.717, 1.165) is 31.2 Å². The molecule has 0 aromatic heterocycles. The number of rotatable bonds is 7. The highest BCUT2D eigenvalue weighted by Crippen LogP contribution is 2.39. The van der Waals surface area contributed by atoms with Crippen molar-refractivity contribution in [2.75, 3.05) is 19.8 Å². The fourth-order valence-electron chi connectivity index (χ4n) is 3.26. The first-order valence-electron chi connectivity index (χ1n) is 8.27. The van der Waals surface area contributed by atoms with Crippen LogP contribution in [0.5, 0.6) is 0 Å². The third-order valence-electron chi connectivity index (χ3n) is 4.57. The predicted octanol–water partition coefficient (Wildman–Crippen LogP) is 3.57. The van der Waals surface area contributed by atoms with Gasteiger partial charge in [-0.25, -0.2) is 4.39 Å². The van der Waals surface area contributed by atoms with Crippen LogP contribution >= 0.6 is 0 Å². The Morgan fingerprint density at radius 2 is 1.91 bits per heavy atom. The third-order valence-corrected chi connectivity index (χ3v) is 4.57. The zero-order valence-corrected chi connectivity index (χ0v) is 13.4. The Labute approximate surface area is 132 Å². The number of hydrogen-bond donors (Lipinski definition) is 1. The van der Waals surface area contributed by atoms with E-state index in [-0.39, 0.29) is 17.1 Å². The van der Waals surface area contributed by atoms with Crippen molar-refractivity contribution in [2.45, 2.75) is 50.9 Å². The average molecular weight is 307 g/mol. The summed E-state index contributed by atoms with van der Waals surface area (Å²) >= 11 is 0. The van der Waals surface area contributed by atoms with Gasteiger partial charge in [0.25, 0.3) is 0 Å². The first-order chi connectivity index (χ1) is 10.7. The highest BCUT2D eigenvalue weighted by molar-refractivity contribution is 5.76. The summed E-state index contributed by atoms with van der Waals surface area (Å²) in [6.45, 7) is 3.64. The lowest BCUT2D eigenvalue weighted by molar-refractivity contribution is -0.122. The number of carbonyl (C=O) groups excluding carboxylic acids is 1. The van der Waals surface area contributed by atoms with E-state index < -0.39 is 0 Å². The first-order valence-corrected chi connectivity index (χ1v) is 8.27. The van der Waals surface area contributed by atoms with Crippen LogP contribution in [0, 0.1) is 5.82 Å². The molecular formula is C18H26FNO2. The van der Waals surface area contributed by atoms with Gasteiger partial charge >= 0.3 is 0 Å². The van der Waals surface area contributed by atoms with E-state index >= 15 is 0 Å². The number of benzene rings is 1. The minimum absolute atomic E-state index is 0.0283. The van der Waals surface area contributed by atoms with Gasteiger partial charge in [0, 0.05) is 25.0 Å². The fraction of sp³-hybridized carbons (Fsp3) is 0.611. The van der Waals surface area contributed by atoms with Crippen molar-refractivity contribution in [3.63, 3.8) is 0 Å². The Morgan fingerprint density at radius 1 is 1.23 bits per heavy atom. The van der Waals surface area contributed by atoms with Gasteiger partial charge in [0.15, 0.2) is 0 Å². The van der Waals surface area contributed by atoms with Crippen LogP contribution < -0.4 is 5.32 Å². The van der Waals surface area contributed by atoms with Gasteiger partial charge in [-0.2, -0.15) is 0 Å². The van der Waals surface area contributed by atoms with Crippen LogP contribution in [-0.2, 0) is 14.9 Å². The maximum atomic E-state index is 13.2. The molecule has 22 heavy (non-hydrogen) atoms. The van der Waals surface area contributed by atoms with Crippen molar-refractivity contribution in [1.29, 1.82) is 0 Å². The van der Waals surface area contributed by atoms with Crippen molar-refractivity contribution in [1.82, 2.24) is 5.32 Å². The van der Waals surface area contributed by atoms with E-state index in [9.17, 15) is 9.18 Å². The molecule has 0 saturated heterocycles. The second-order valence-corrected chi connectivity index (χ2v) is 6.07. The molecule has 1 aliphatic rings. The van der Waals surface area contributed by atoms with Gasteiger partial charge in [-0.05, 0) is 37.5 Å². The highest BCUT2D eigenvalue weighted by Gasteiger charge is 2.34. The van der Waals surface area contributed by atoms with Gasteiger partial charge in [0.05, 0.1) is 6.61 Å². The van der Waals surface area contributed by atoms with Crippen molar-refractivity contribution in [2.24, 2.45) is 0 Å². The second kappa shape index (κ2) is 8.28. The minimum Gasteiger partial charge on any atom is -0.381 e. The molecule has 0 heterocycles.